The van der Waals surface area contributed by atoms with Crippen LogP contribution in [-0.2, 0) is 31.8 Å². The first-order valence-corrected chi connectivity index (χ1v) is 40.6. The Balaban J connectivity index is 0. The van der Waals surface area contributed by atoms with Crippen LogP contribution in [0.15, 0.2) is 213 Å². The third-order valence-electron chi connectivity index (χ3n) is 14.9. The van der Waals surface area contributed by atoms with Crippen molar-refractivity contribution in [3.8, 4) is 0 Å². The number of benzene rings is 7. The summed E-state index contributed by atoms with van der Waals surface area (Å²) in [5, 5.41) is 34.6. The highest BCUT2D eigenvalue weighted by atomic mass is 35.5. The molecular weight excluding hydrogens is 1710 g/mol. The maximum absolute atomic E-state index is 11.2. The first kappa shape index (κ1) is 110. The molecule has 0 aliphatic heterocycles. The molecule has 0 heterocycles. The van der Waals surface area contributed by atoms with Gasteiger partial charge in [0.05, 0.1) is 159 Å². The van der Waals surface area contributed by atoms with Gasteiger partial charge < -0.3 is 24.1 Å². The molecule has 0 spiro atoms. The van der Waals surface area contributed by atoms with Crippen molar-refractivity contribution in [1.82, 2.24) is 0 Å². The van der Waals surface area contributed by atoms with Gasteiger partial charge in [-0.05, 0) is 333 Å². The number of aliphatic imine (C=N–C) groups is 11. The van der Waals surface area contributed by atoms with Gasteiger partial charge in [0.25, 0.3) is 0 Å². The Labute approximate surface area is 750 Å². The predicted octanol–water partition coefficient (Wildman–Crippen LogP) is 25.5. The number of aryl methyl sites for hydroxylation is 4. The second-order valence-electron chi connectivity index (χ2n) is 23.0. The summed E-state index contributed by atoms with van der Waals surface area (Å²) in [4.78, 5) is 85.6. The molecule has 612 valence electrons. The number of carbonyl (C=O) groups is 4. The van der Waals surface area contributed by atoms with E-state index >= 15 is 0 Å². The van der Waals surface area contributed by atoms with Gasteiger partial charge in [0, 0.05) is 31.4 Å². The molecule has 0 atom stereocenters. The minimum atomic E-state index is -0.976. The summed E-state index contributed by atoms with van der Waals surface area (Å²) in [6.07, 6.45) is 14.5. The van der Waals surface area contributed by atoms with Gasteiger partial charge in [-0.25, -0.2) is 34.4 Å². The van der Waals surface area contributed by atoms with Crippen molar-refractivity contribution in [2.45, 2.75) is 131 Å². The van der Waals surface area contributed by atoms with E-state index in [0.717, 1.165) is 60.7 Å². The summed E-state index contributed by atoms with van der Waals surface area (Å²) in [5.74, 6) is -1.64. The molecule has 1 N–H and O–H groups in total. The molecule has 7 aromatic carbocycles. The molecule has 2 aliphatic carbocycles. The average Bonchev–Trinajstić information content (AvgIpc) is 1.27. The number of carbonyl (C=O) groups excluding carboxylic acids is 3. The minimum Gasteiger partial charge on any atom is -0.478 e. The second-order valence-corrected chi connectivity index (χ2v) is 25.5. The maximum atomic E-state index is 11.2. The largest absolute Gasteiger partial charge is 0.478 e. The van der Waals surface area contributed by atoms with Crippen LogP contribution in [0.1, 0.15) is 156 Å². The molecule has 0 unspecified atom stereocenters. The number of ketones is 1. The molecule has 20 nitrogen and oxygen atoms in total. The molecule has 117 heavy (non-hydrogen) atoms. The zero-order valence-electron chi connectivity index (χ0n) is 66.2. The van der Waals surface area contributed by atoms with Crippen molar-refractivity contribution >= 4 is 266 Å². The summed E-state index contributed by atoms with van der Waals surface area (Å²) in [6.45, 7) is 14.6. The van der Waals surface area contributed by atoms with E-state index in [2.05, 4.69) is 288 Å². The lowest BCUT2D eigenvalue weighted by atomic mass is 9.96. The Morgan fingerprint density at radius 2 is 0.821 bits per heavy atom. The number of carboxylic acid groups (broad SMARTS) is 1. The minimum absolute atomic E-state index is 0.0490. The molecule has 0 saturated heterocycles. The number of ether oxygens (including phenoxy) is 4. The van der Waals surface area contributed by atoms with Crippen LogP contribution in [0.5, 0.6) is 0 Å². The number of esters is 2. The van der Waals surface area contributed by atoms with Crippen molar-refractivity contribution in [3.05, 3.63) is 207 Å². The topological polar surface area (TPSA) is 261 Å². The number of rotatable bonds is 23. The Kier molecular flexibility index (Phi) is 70.7. The van der Waals surface area contributed by atoms with Crippen LogP contribution in [0.25, 0.3) is 0 Å². The fraction of sp³-hybridized carbons (Fsp3) is 0.329. The van der Waals surface area contributed by atoms with Crippen LogP contribution in [0.2, 0.25) is 5.02 Å². The lowest BCUT2D eigenvalue weighted by Gasteiger charge is -2.15. The monoisotopic (exact) mass is 1800 g/mol. The number of nitrogens with zero attached hydrogens (tertiary/aromatic N) is 11. The Morgan fingerprint density at radius 1 is 0.427 bits per heavy atom. The number of thiocarbonyl (C=S) groups is 11. The van der Waals surface area contributed by atoms with Crippen LogP contribution in [0, 0.1) is 13.8 Å². The fourth-order valence-corrected chi connectivity index (χ4v) is 10.5. The molecule has 0 aromatic heterocycles. The second kappa shape index (κ2) is 75.4. The van der Waals surface area contributed by atoms with E-state index in [1.807, 2.05) is 50.2 Å². The molecular formula is C85H90ClN11O9S11. The number of Topliss-reactive ketones (excluding diaryl/α,β-unsaturated/α-hetero) is 1. The van der Waals surface area contributed by atoms with Crippen LogP contribution >= 0.6 is 146 Å². The van der Waals surface area contributed by atoms with E-state index in [-0.39, 0.29) is 23.3 Å². The summed E-state index contributed by atoms with van der Waals surface area (Å²) in [7, 11) is 4.62. The van der Waals surface area contributed by atoms with Gasteiger partial charge in [0.2, 0.25) is 0 Å². The van der Waals surface area contributed by atoms with Gasteiger partial charge in [-0.3, -0.25) is 4.79 Å². The van der Waals surface area contributed by atoms with Gasteiger partial charge in [0.1, 0.15) is 0 Å². The summed E-state index contributed by atoms with van der Waals surface area (Å²) < 4.78 is 18.8. The van der Waals surface area contributed by atoms with Crippen molar-refractivity contribution in [2.24, 2.45) is 54.9 Å². The first-order valence-electron chi connectivity index (χ1n) is 35.7. The molecule has 9 rings (SSSR count). The summed E-state index contributed by atoms with van der Waals surface area (Å²) in [6, 6.07) is 47.0. The van der Waals surface area contributed by atoms with E-state index in [1.54, 1.807) is 112 Å². The summed E-state index contributed by atoms with van der Waals surface area (Å²) >= 11 is 54.7. The number of isothiocyanates is 11. The number of carboxylic acids is 1. The van der Waals surface area contributed by atoms with Crippen LogP contribution in [-0.4, -0.2) is 152 Å². The summed E-state index contributed by atoms with van der Waals surface area (Å²) in [5.41, 5.74) is 11.7. The number of hydrogen-bond donors (Lipinski definition) is 1. The lowest BCUT2D eigenvalue weighted by Crippen LogP contribution is -2.08. The van der Waals surface area contributed by atoms with E-state index < -0.39 is 5.97 Å². The normalized spacial score (nSPS) is 10.4. The van der Waals surface area contributed by atoms with E-state index in [0.29, 0.717) is 70.6 Å². The highest BCUT2D eigenvalue weighted by Crippen LogP contribution is 2.26. The van der Waals surface area contributed by atoms with Gasteiger partial charge in [-0.2, -0.15) is 34.9 Å². The molecule has 2 fully saturated rings. The molecule has 0 radical (unpaired) electrons. The third-order valence-corrected chi connectivity index (χ3v) is 16.4. The maximum Gasteiger partial charge on any atom is 0.338 e. The van der Waals surface area contributed by atoms with Gasteiger partial charge >= 0.3 is 17.9 Å². The lowest BCUT2D eigenvalue weighted by molar-refractivity contribution is 0.0524. The first-order chi connectivity index (χ1) is 56.6. The Morgan fingerprint density at radius 3 is 1.21 bits per heavy atom. The zero-order valence-corrected chi connectivity index (χ0v) is 75.9. The van der Waals surface area contributed by atoms with Crippen molar-refractivity contribution < 1.29 is 43.2 Å². The molecule has 0 bridgehead atoms. The highest BCUT2D eigenvalue weighted by molar-refractivity contribution is 7.80. The highest BCUT2D eigenvalue weighted by Gasteiger charge is 2.13. The van der Waals surface area contributed by atoms with Crippen molar-refractivity contribution in [1.29, 1.82) is 0 Å². The number of aromatic carboxylic acids is 1. The average molecular weight is 1800 g/mol. The molecule has 7 aromatic rings. The quantitative estimate of drug-likeness (QED) is 0.0205. The smallest absolute Gasteiger partial charge is 0.338 e. The Hall–Kier alpha value is -9.37. The predicted molar refractivity (Wildman–Crippen MR) is 513 cm³/mol. The van der Waals surface area contributed by atoms with Crippen molar-refractivity contribution in [3.63, 3.8) is 0 Å². The van der Waals surface area contributed by atoms with Gasteiger partial charge in [-0.1, -0.05) is 112 Å². The fourth-order valence-electron chi connectivity index (χ4n) is 9.09. The molecule has 0 amide bonds. The van der Waals surface area contributed by atoms with Crippen molar-refractivity contribution in [2.75, 3.05) is 54.2 Å². The van der Waals surface area contributed by atoms with E-state index in [9.17, 15) is 19.2 Å². The zero-order chi connectivity index (χ0) is 87.5. The van der Waals surface area contributed by atoms with E-state index in [1.165, 1.54) is 101 Å². The molecule has 2 saturated carbocycles. The third kappa shape index (κ3) is 56.6. The SMILES string of the molecule is CC(=O)c1ccc(N=C=S)cc1.CCOC(=O)c1ccc(N=C=S)cc1.CCc1cccc(CC)c1N=C=S.COC(=O)c1cccc(N=C=S)c1.COCCCN=C=S.COCCN=C=S.Cc1ccc(N=C=S)cc1.Cc1ccc(N=C=S)cc1Cl.O=C(O)c1cccc(N=C=S)c1.S=C=NC1CCCC1.S=C=NC1CCCCC1. The number of hydrogen-bond acceptors (Lipinski definition) is 30. The Bertz CT molecular complexity index is 4670. The van der Waals surface area contributed by atoms with Gasteiger partial charge in [-0.15, -0.1) is 0 Å². The van der Waals surface area contributed by atoms with E-state index in [4.69, 9.17) is 26.2 Å². The molecule has 2 aliphatic rings. The van der Waals surface area contributed by atoms with Crippen LogP contribution in [0.3, 0.4) is 0 Å². The van der Waals surface area contributed by atoms with Crippen LogP contribution < -0.4 is 0 Å². The number of para-hydroxylation sites is 1. The van der Waals surface area contributed by atoms with Gasteiger partial charge in [0.15, 0.2) is 5.78 Å². The molecule has 32 heteroatoms. The number of methoxy groups -OCH3 is 3. The van der Waals surface area contributed by atoms with Crippen LogP contribution in [0.4, 0.5) is 39.8 Å². The number of halogens is 1. The standard InChI is InChI=1S/C11H13NS.C10H9NO2S.C9H7NO2S.C9H7NOS.C8H6ClNS.C8H5NO2S.C8H7NS.C7H11NS.C6H9NS.C5H9NOS.C4H7NOS/c1-3-9-6-5-7-10(4-2)11(9)12-8-13;1-2-13-10(12)8-3-5-9(6-4-8)11-7-14;1-12-9(11)7-3-2-4-8(5-7)10-6-13;1-7(11)8-2-4-9(5-3-8)10-6-12;1-6-2-3-7(10-5-11)4-8(6)9;10-8(11)6-2-1-3-7(4-6)9-5-12;1-7-2-4-8(5-3-7)9-6-10;9-6-8-7-4-2-1-3-5-7;8-5-7-6-3-1-2-4-6;1-7-4-2-3-6-5-8;1-6-3-2-5-4-7/h5-7H,3-4H2,1-2H3;3-6H,2H2,1H3;2-5H,1H3;2-5H,1H3;2-4H,1H3;1-4H,(H,10,11);2-5H,1H3;7H,1-5H2;6H,1-4H2;2-4H2,1H3;2-3H2,1H3.